The number of carbonyl (C=O) groups is 3. The number of hydrogen-bond acceptors (Lipinski definition) is 4. The first-order valence-corrected chi connectivity index (χ1v) is 7.21. The number of methoxy groups -OCH3 is 1. The SMILES string of the molecule is COC(=O)c1ccc(C(F)(F)F)cc1NC(=O)N1CCC(C(=O)O)C1. The number of carbonyl (C=O) groups excluding carboxylic acids is 2. The molecular weight excluding hydrogens is 345 g/mol. The summed E-state index contributed by atoms with van der Waals surface area (Å²) in [6.45, 7) is 0.0863. The van der Waals surface area contributed by atoms with Crippen molar-refractivity contribution < 1.29 is 37.4 Å². The van der Waals surface area contributed by atoms with Gasteiger partial charge in [-0.1, -0.05) is 0 Å². The Balaban J connectivity index is 2.25. The number of amides is 2. The van der Waals surface area contributed by atoms with Gasteiger partial charge in [-0.2, -0.15) is 13.2 Å². The standard InChI is InChI=1S/C15H15F3N2O5/c1-25-13(23)10-3-2-9(15(16,17)18)6-11(10)19-14(24)20-5-4-8(7-20)12(21)22/h2-3,6,8H,4-5,7H2,1H3,(H,19,24)(H,21,22). The zero-order valence-corrected chi connectivity index (χ0v) is 13.1. The van der Waals surface area contributed by atoms with Crippen LogP contribution in [0.2, 0.25) is 0 Å². The predicted molar refractivity (Wildman–Crippen MR) is 79.1 cm³/mol. The number of urea groups is 1. The van der Waals surface area contributed by atoms with Gasteiger partial charge >= 0.3 is 24.1 Å². The van der Waals surface area contributed by atoms with Gasteiger partial charge in [0, 0.05) is 13.1 Å². The third-order valence-electron chi connectivity index (χ3n) is 3.82. The number of hydrogen-bond donors (Lipinski definition) is 2. The van der Waals surface area contributed by atoms with Crippen molar-refractivity contribution in [3.05, 3.63) is 29.3 Å². The first-order chi connectivity index (χ1) is 11.6. The Bertz CT molecular complexity index is 705. The monoisotopic (exact) mass is 360 g/mol. The molecule has 2 N–H and O–H groups in total. The van der Waals surface area contributed by atoms with Crippen molar-refractivity contribution in [1.29, 1.82) is 0 Å². The number of likely N-dealkylation sites (tertiary alicyclic amines) is 1. The van der Waals surface area contributed by atoms with Crippen LogP contribution in [0.25, 0.3) is 0 Å². The average Bonchev–Trinajstić information content (AvgIpc) is 3.03. The fourth-order valence-electron chi connectivity index (χ4n) is 2.45. The van der Waals surface area contributed by atoms with Crippen LogP contribution in [0, 0.1) is 5.92 Å². The Morgan fingerprint density at radius 2 is 2.00 bits per heavy atom. The van der Waals surface area contributed by atoms with Crippen LogP contribution in [-0.4, -0.2) is 48.2 Å². The Labute approximate surface area is 140 Å². The molecule has 25 heavy (non-hydrogen) atoms. The lowest BCUT2D eigenvalue weighted by Gasteiger charge is -2.19. The van der Waals surface area contributed by atoms with Crippen molar-refractivity contribution in [2.75, 3.05) is 25.5 Å². The van der Waals surface area contributed by atoms with Crippen molar-refractivity contribution in [1.82, 2.24) is 4.90 Å². The molecule has 1 aromatic rings. The summed E-state index contributed by atoms with van der Waals surface area (Å²) in [6, 6.07) is 1.47. The molecule has 2 rings (SSSR count). The number of carboxylic acids is 1. The maximum absolute atomic E-state index is 12.9. The molecule has 0 saturated carbocycles. The van der Waals surface area contributed by atoms with E-state index in [4.69, 9.17) is 5.11 Å². The lowest BCUT2D eigenvalue weighted by atomic mass is 10.1. The number of rotatable bonds is 3. The molecule has 0 radical (unpaired) electrons. The average molecular weight is 360 g/mol. The third-order valence-corrected chi connectivity index (χ3v) is 3.82. The van der Waals surface area contributed by atoms with E-state index in [-0.39, 0.29) is 30.8 Å². The van der Waals surface area contributed by atoms with E-state index in [0.717, 1.165) is 13.2 Å². The number of aliphatic carboxylic acids is 1. The van der Waals surface area contributed by atoms with Crippen molar-refractivity contribution in [3.8, 4) is 0 Å². The van der Waals surface area contributed by atoms with Gasteiger partial charge in [-0.15, -0.1) is 0 Å². The maximum Gasteiger partial charge on any atom is 0.416 e. The summed E-state index contributed by atoms with van der Waals surface area (Å²) in [5.74, 6) is -2.69. The molecule has 1 aromatic carbocycles. The van der Waals surface area contributed by atoms with E-state index in [1.54, 1.807) is 0 Å². The summed E-state index contributed by atoms with van der Waals surface area (Å²) in [4.78, 5) is 36.0. The molecule has 1 aliphatic heterocycles. The largest absolute Gasteiger partial charge is 0.481 e. The van der Waals surface area contributed by atoms with Crippen LogP contribution in [0.1, 0.15) is 22.3 Å². The van der Waals surface area contributed by atoms with Crippen molar-refractivity contribution in [2.45, 2.75) is 12.6 Å². The number of carboxylic acid groups (broad SMARTS) is 1. The van der Waals surface area contributed by atoms with Gasteiger partial charge < -0.3 is 20.1 Å². The maximum atomic E-state index is 12.9. The van der Waals surface area contributed by atoms with Crippen molar-refractivity contribution >= 4 is 23.7 Å². The van der Waals surface area contributed by atoms with E-state index in [2.05, 4.69) is 10.1 Å². The summed E-state index contributed by atoms with van der Waals surface area (Å²) >= 11 is 0. The molecule has 0 aliphatic carbocycles. The molecule has 1 unspecified atom stereocenters. The molecule has 0 spiro atoms. The topological polar surface area (TPSA) is 95.9 Å². The van der Waals surface area contributed by atoms with Crippen LogP contribution in [0.15, 0.2) is 18.2 Å². The van der Waals surface area contributed by atoms with Crippen LogP contribution in [0.4, 0.5) is 23.7 Å². The Morgan fingerprint density at radius 1 is 1.32 bits per heavy atom. The molecular formula is C15H15F3N2O5. The molecule has 1 saturated heterocycles. The zero-order valence-electron chi connectivity index (χ0n) is 13.1. The van der Waals surface area contributed by atoms with Crippen molar-refractivity contribution in [3.63, 3.8) is 0 Å². The number of nitrogens with one attached hydrogen (secondary N) is 1. The highest BCUT2D eigenvalue weighted by molar-refractivity contribution is 6.01. The summed E-state index contributed by atoms with van der Waals surface area (Å²) in [5, 5.41) is 11.2. The van der Waals surface area contributed by atoms with E-state index in [0.29, 0.717) is 12.1 Å². The van der Waals surface area contributed by atoms with E-state index in [9.17, 15) is 27.6 Å². The summed E-state index contributed by atoms with van der Waals surface area (Å²) in [7, 11) is 1.06. The fourth-order valence-corrected chi connectivity index (χ4v) is 2.45. The quantitative estimate of drug-likeness (QED) is 0.807. The Kier molecular flexibility index (Phi) is 5.19. The molecule has 10 heteroatoms. The first-order valence-electron chi connectivity index (χ1n) is 7.21. The summed E-state index contributed by atoms with van der Waals surface area (Å²) in [6.07, 6.45) is -4.41. The van der Waals surface area contributed by atoms with Gasteiger partial charge in [0.1, 0.15) is 0 Å². The van der Waals surface area contributed by atoms with E-state index < -0.39 is 35.6 Å². The molecule has 1 fully saturated rings. The van der Waals surface area contributed by atoms with Crippen LogP contribution in [0.3, 0.4) is 0 Å². The first kappa shape index (κ1) is 18.6. The van der Waals surface area contributed by atoms with Crippen LogP contribution >= 0.6 is 0 Å². The van der Waals surface area contributed by atoms with Crippen molar-refractivity contribution in [2.24, 2.45) is 5.92 Å². The van der Waals surface area contributed by atoms with Gasteiger partial charge in [0.2, 0.25) is 0 Å². The molecule has 2 amide bonds. The lowest BCUT2D eigenvalue weighted by molar-refractivity contribution is -0.141. The molecule has 0 aromatic heterocycles. The summed E-state index contributed by atoms with van der Waals surface area (Å²) < 4.78 is 43.1. The number of halogens is 3. The third kappa shape index (κ3) is 4.20. The minimum absolute atomic E-state index is 0.0618. The highest BCUT2D eigenvalue weighted by Crippen LogP contribution is 2.32. The number of alkyl halides is 3. The number of anilines is 1. The second-order valence-corrected chi connectivity index (χ2v) is 5.45. The summed E-state index contributed by atoms with van der Waals surface area (Å²) in [5.41, 5.74) is -1.64. The normalized spacial score (nSPS) is 17.3. The van der Waals surface area contributed by atoms with Crippen LogP contribution < -0.4 is 5.32 Å². The smallest absolute Gasteiger partial charge is 0.416 e. The number of nitrogens with zero attached hydrogens (tertiary/aromatic N) is 1. The van der Waals surface area contributed by atoms with E-state index in [1.807, 2.05) is 0 Å². The Hall–Kier alpha value is -2.78. The molecule has 7 nitrogen and oxygen atoms in total. The van der Waals surface area contributed by atoms with Gasteiger partial charge in [-0.25, -0.2) is 9.59 Å². The predicted octanol–water partition coefficient (Wildman–Crippen LogP) is 2.43. The van der Waals surface area contributed by atoms with Crippen LogP contribution in [0.5, 0.6) is 0 Å². The zero-order chi connectivity index (χ0) is 18.8. The molecule has 136 valence electrons. The lowest BCUT2D eigenvalue weighted by Crippen LogP contribution is -2.34. The van der Waals surface area contributed by atoms with E-state index >= 15 is 0 Å². The number of benzene rings is 1. The second-order valence-electron chi connectivity index (χ2n) is 5.45. The highest BCUT2D eigenvalue weighted by atomic mass is 19.4. The molecule has 0 bridgehead atoms. The molecule has 1 heterocycles. The van der Waals surface area contributed by atoms with Gasteiger partial charge in [-0.05, 0) is 24.6 Å². The van der Waals surface area contributed by atoms with Gasteiger partial charge in [0.25, 0.3) is 0 Å². The Morgan fingerprint density at radius 3 is 2.52 bits per heavy atom. The highest BCUT2D eigenvalue weighted by Gasteiger charge is 2.34. The van der Waals surface area contributed by atoms with Gasteiger partial charge in [-0.3, -0.25) is 4.79 Å². The fraction of sp³-hybridized carbons (Fsp3) is 0.400. The van der Waals surface area contributed by atoms with E-state index in [1.165, 1.54) is 4.90 Å². The van der Waals surface area contributed by atoms with Gasteiger partial charge in [0.15, 0.2) is 0 Å². The molecule has 1 atom stereocenters. The molecule has 1 aliphatic rings. The second kappa shape index (κ2) is 6.99. The minimum atomic E-state index is -4.66. The van der Waals surface area contributed by atoms with Gasteiger partial charge in [0.05, 0.1) is 29.8 Å². The van der Waals surface area contributed by atoms with Crippen LogP contribution in [-0.2, 0) is 15.7 Å². The number of ether oxygens (including phenoxy) is 1. The number of esters is 1. The minimum Gasteiger partial charge on any atom is -0.481 e.